The van der Waals surface area contributed by atoms with Crippen molar-refractivity contribution < 1.29 is 23.5 Å². The van der Waals surface area contributed by atoms with Gasteiger partial charge in [0.05, 0.1) is 24.0 Å². The summed E-state index contributed by atoms with van der Waals surface area (Å²) in [6.07, 6.45) is 2.79. The Hall–Kier alpha value is -4.11. The molecule has 0 unspecified atom stereocenters. The van der Waals surface area contributed by atoms with Gasteiger partial charge in [-0.2, -0.15) is 5.10 Å². The van der Waals surface area contributed by atoms with Crippen molar-refractivity contribution in [3.05, 3.63) is 82.3 Å². The van der Waals surface area contributed by atoms with Crippen LogP contribution in [0.15, 0.2) is 64.3 Å². The first kappa shape index (κ1) is 24.5. The SMILES string of the molecule is Cc1ccc(NC(=O)COc2ccc(/C=N\NC(=O)C(=O)NCc3ccco3)cc2Cl)c(C)c1. The Kier molecular flexibility index (Phi) is 8.42. The Balaban J connectivity index is 1.46. The number of amides is 3. The molecule has 0 atom stereocenters. The van der Waals surface area contributed by atoms with Crippen molar-refractivity contribution in [2.24, 2.45) is 5.10 Å². The molecular weight excluding hydrogens is 460 g/mol. The molecule has 0 radical (unpaired) electrons. The molecule has 0 saturated carbocycles. The summed E-state index contributed by atoms with van der Waals surface area (Å²) in [7, 11) is 0. The summed E-state index contributed by atoms with van der Waals surface area (Å²) < 4.78 is 10.6. The largest absolute Gasteiger partial charge is 0.482 e. The second-order valence-electron chi connectivity index (χ2n) is 7.31. The van der Waals surface area contributed by atoms with Gasteiger partial charge in [-0.3, -0.25) is 14.4 Å². The standard InChI is InChI=1S/C24H23ClN4O5/c1-15-5-7-20(16(2)10-15)28-22(30)14-34-21-8-6-17(11-19(21)25)12-27-29-24(32)23(31)26-13-18-4-3-9-33-18/h3-12H,13-14H2,1-2H3,(H,26,31)(H,28,30)(H,29,32)/b27-12-. The number of rotatable bonds is 8. The van der Waals surface area contributed by atoms with Crippen molar-refractivity contribution >= 4 is 41.2 Å². The van der Waals surface area contributed by atoms with Crippen molar-refractivity contribution in [2.75, 3.05) is 11.9 Å². The number of aryl methyl sites for hydroxylation is 2. The third kappa shape index (κ3) is 7.21. The first-order chi connectivity index (χ1) is 16.3. The number of nitrogens with one attached hydrogen (secondary N) is 3. The maximum absolute atomic E-state index is 12.2. The highest BCUT2D eigenvalue weighted by molar-refractivity contribution is 6.35. The molecule has 3 amide bonds. The van der Waals surface area contributed by atoms with E-state index in [1.54, 1.807) is 30.3 Å². The van der Waals surface area contributed by atoms with Gasteiger partial charge in [0.25, 0.3) is 5.91 Å². The summed E-state index contributed by atoms with van der Waals surface area (Å²) in [5, 5.41) is 9.20. The van der Waals surface area contributed by atoms with Crippen LogP contribution in [0.3, 0.4) is 0 Å². The molecule has 2 aromatic carbocycles. The van der Waals surface area contributed by atoms with Crippen LogP contribution in [0.5, 0.6) is 5.75 Å². The third-order valence-corrected chi connectivity index (χ3v) is 4.86. The average Bonchev–Trinajstić information content (AvgIpc) is 3.32. The van der Waals surface area contributed by atoms with Gasteiger partial charge in [0.15, 0.2) is 6.61 Å². The normalized spacial score (nSPS) is 10.7. The molecule has 1 heterocycles. The molecule has 3 N–H and O–H groups in total. The zero-order chi connectivity index (χ0) is 24.5. The number of ether oxygens (including phenoxy) is 1. The third-order valence-electron chi connectivity index (χ3n) is 4.56. The Labute approximate surface area is 201 Å². The number of halogens is 1. The lowest BCUT2D eigenvalue weighted by Gasteiger charge is -2.11. The molecule has 34 heavy (non-hydrogen) atoms. The molecule has 176 valence electrons. The lowest BCUT2D eigenvalue weighted by atomic mass is 10.1. The number of hydrazone groups is 1. The van der Waals surface area contributed by atoms with Crippen LogP contribution in [-0.2, 0) is 20.9 Å². The monoisotopic (exact) mass is 482 g/mol. The van der Waals surface area contributed by atoms with Crippen LogP contribution < -0.4 is 20.8 Å². The summed E-state index contributed by atoms with van der Waals surface area (Å²) in [5.41, 5.74) is 5.45. The molecule has 0 aliphatic heterocycles. The second-order valence-corrected chi connectivity index (χ2v) is 7.71. The van der Waals surface area contributed by atoms with Gasteiger partial charge in [-0.15, -0.1) is 0 Å². The van der Waals surface area contributed by atoms with E-state index in [2.05, 4.69) is 21.2 Å². The number of nitrogens with zero attached hydrogens (tertiary/aromatic N) is 1. The fourth-order valence-corrected chi connectivity index (χ4v) is 3.12. The molecule has 1 aromatic heterocycles. The summed E-state index contributed by atoms with van der Waals surface area (Å²) >= 11 is 6.22. The predicted molar refractivity (Wildman–Crippen MR) is 128 cm³/mol. The fourth-order valence-electron chi connectivity index (χ4n) is 2.87. The van der Waals surface area contributed by atoms with Crippen molar-refractivity contribution in [1.82, 2.24) is 10.7 Å². The van der Waals surface area contributed by atoms with Crippen LogP contribution in [0.2, 0.25) is 5.02 Å². The topological polar surface area (TPSA) is 122 Å². The minimum Gasteiger partial charge on any atom is -0.482 e. The van der Waals surface area contributed by atoms with Crippen molar-refractivity contribution in [3.8, 4) is 5.75 Å². The van der Waals surface area contributed by atoms with Crippen molar-refractivity contribution in [3.63, 3.8) is 0 Å². The average molecular weight is 483 g/mol. The first-order valence-electron chi connectivity index (χ1n) is 10.2. The van der Waals surface area contributed by atoms with Gasteiger partial charge >= 0.3 is 11.8 Å². The molecular formula is C24H23ClN4O5. The molecule has 0 fully saturated rings. The highest BCUT2D eigenvalue weighted by Gasteiger charge is 2.13. The van der Waals surface area contributed by atoms with Crippen molar-refractivity contribution in [1.29, 1.82) is 0 Å². The smallest absolute Gasteiger partial charge is 0.329 e. The quantitative estimate of drug-likeness (QED) is 0.258. The van der Waals surface area contributed by atoms with Crippen LogP contribution in [0.1, 0.15) is 22.5 Å². The molecule has 0 aliphatic carbocycles. The lowest BCUT2D eigenvalue weighted by molar-refractivity contribution is -0.139. The molecule has 9 nitrogen and oxygen atoms in total. The van der Waals surface area contributed by atoms with E-state index in [9.17, 15) is 14.4 Å². The van der Waals surface area contributed by atoms with Crippen LogP contribution >= 0.6 is 11.6 Å². The summed E-state index contributed by atoms with van der Waals surface area (Å²) in [5.74, 6) is -1.26. The van der Waals surface area contributed by atoms with E-state index >= 15 is 0 Å². The van der Waals surface area contributed by atoms with E-state index < -0.39 is 11.8 Å². The molecule has 0 bridgehead atoms. The lowest BCUT2D eigenvalue weighted by Crippen LogP contribution is -2.37. The minimum atomic E-state index is -0.927. The summed E-state index contributed by atoms with van der Waals surface area (Å²) in [6.45, 7) is 3.76. The number of hydrogen-bond acceptors (Lipinski definition) is 6. The van der Waals surface area contributed by atoms with Crippen LogP contribution in [0.25, 0.3) is 0 Å². The molecule has 3 aromatic rings. The maximum atomic E-state index is 12.2. The number of benzene rings is 2. The Bertz CT molecular complexity index is 1210. The van der Waals surface area contributed by atoms with E-state index in [0.29, 0.717) is 22.8 Å². The van der Waals surface area contributed by atoms with Gasteiger partial charge in [-0.25, -0.2) is 5.43 Å². The Morgan fingerprint density at radius 2 is 1.91 bits per heavy atom. The van der Waals surface area contributed by atoms with Gasteiger partial charge in [0.1, 0.15) is 11.5 Å². The Morgan fingerprint density at radius 3 is 2.62 bits per heavy atom. The van der Waals surface area contributed by atoms with E-state index in [4.69, 9.17) is 20.8 Å². The van der Waals surface area contributed by atoms with Gasteiger partial charge in [0.2, 0.25) is 0 Å². The fraction of sp³-hybridized carbons (Fsp3) is 0.167. The summed E-state index contributed by atoms with van der Waals surface area (Å²) in [4.78, 5) is 35.7. The van der Waals surface area contributed by atoms with Crippen LogP contribution in [0.4, 0.5) is 5.69 Å². The van der Waals surface area contributed by atoms with Crippen molar-refractivity contribution in [2.45, 2.75) is 20.4 Å². The number of carbonyl (C=O) groups is 3. The summed E-state index contributed by atoms with van der Waals surface area (Å²) in [6, 6.07) is 13.8. The predicted octanol–water partition coefficient (Wildman–Crippen LogP) is 3.33. The van der Waals surface area contributed by atoms with E-state index in [1.165, 1.54) is 12.5 Å². The highest BCUT2D eigenvalue weighted by Crippen LogP contribution is 2.25. The Morgan fingerprint density at radius 1 is 1.09 bits per heavy atom. The molecule has 0 aliphatic rings. The molecule has 10 heteroatoms. The van der Waals surface area contributed by atoms with Gasteiger partial charge in [-0.1, -0.05) is 29.3 Å². The highest BCUT2D eigenvalue weighted by atomic mass is 35.5. The minimum absolute atomic E-state index is 0.0860. The van der Waals surface area contributed by atoms with Crippen LogP contribution in [0, 0.1) is 13.8 Å². The van der Waals surface area contributed by atoms with E-state index in [-0.39, 0.29) is 24.1 Å². The second kappa shape index (κ2) is 11.7. The van der Waals surface area contributed by atoms with Gasteiger partial charge in [-0.05, 0) is 61.4 Å². The molecule has 3 rings (SSSR count). The number of furan rings is 1. The molecule has 0 spiro atoms. The zero-order valence-corrected chi connectivity index (χ0v) is 19.3. The van der Waals surface area contributed by atoms with Gasteiger partial charge in [0, 0.05) is 5.69 Å². The number of anilines is 1. The van der Waals surface area contributed by atoms with Crippen LogP contribution in [-0.4, -0.2) is 30.5 Å². The molecule has 0 saturated heterocycles. The number of hydrogen-bond donors (Lipinski definition) is 3. The van der Waals surface area contributed by atoms with E-state index in [0.717, 1.165) is 11.1 Å². The van der Waals surface area contributed by atoms with Gasteiger partial charge < -0.3 is 19.8 Å². The van der Waals surface area contributed by atoms with E-state index in [1.807, 2.05) is 32.0 Å². The zero-order valence-electron chi connectivity index (χ0n) is 18.6. The first-order valence-corrected chi connectivity index (χ1v) is 10.6. The number of carbonyl (C=O) groups excluding carboxylic acids is 3. The maximum Gasteiger partial charge on any atom is 0.329 e.